The summed E-state index contributed by atoms with van der Waals surface area (Å²) in [4.78, 5) is 0.0866. The SMILES string of the molecule is CCCOc1ccc(CNc2ccc(S(N)(=O)=O)cc2)cc1Cl. The molecular formula is C16H19ClN2O3S. The zero-order chi connectivity index (χ0) is 16.9. The van der Waals surface area contributed by atoms with Crippen LogP contribution in [0.4, 0.5) is 5.69 Å². The van der Waals surface area contributed by atoms with E-state index < -0.39 is 10.0 Å². The van der Waals surface area contributed by atoms with Crippen molar-refractivity contribution >= 4 is 27.3 Å². The summed E-state index contributed by atoms with van der Waals surface area (Å²) < 4.78 is 27.9. The normalized spacial score (nSPS) is 11.3. The molecule has 2 aromatic rings. The predicted molar refractivity (Wildman–Crippen MR) is 92.4 cm³/mol. The van der Waals surface area contributed by atoms with Crippen molar-refractivity contribution in [1.29, 1.82) is 0 Å². The Morgan fingerprint density at radius 3 is 2.43 bits per heavy atom. The highest BCUT2D eigenvalue weighted by molar-refractivity contribution is 7.89. The van der Waals surface area contributed by atoms with E-state index in [-0.39, 0.29) is 4.90 Å². The summed E-state index contributed by atoms with van der Waals surface area (Å²) in [6, 6.07) is 11.9. The molecular weight excluding hydrogens is 336 g/mol. The van der Waals surface area contributed by atoms with Gasteiger partial charge in [0, 0.05) is 12.2 Å². The second kappa shape index (κ2) is 7.68. The number of primary sulfonamides is 1. The molecule has 0 aliphatic heterocycles. The molecule has 2 rings (SSSR count). The molecule has 7 heteroatoms. The molecule has 0 atom stereocenters. The summed E-state index contributed by atoms with van der Waals surface area (Å²) in [5.74, 6) is 0.676. The molecule has 124 valence electrons. The molecule has 0 spiro atoms. The summed E-state index contributed by atoms with van der Waals surface area (Å²) in [5, 5.41) is 8.83. The van der Waals surface area contributed by atoms with Crippen LogP contribution < -0.4 is 15.2 Å². The van der Waals surface area contributed by atoms with E-state index in [1.54, 1.807) is 12.1 Å². The molecule has 0 aromatic heterocycles. The summed E-state index contributed by atoms with van der Waals surface area (Å²) >= 11 is 6.18. The summed E-state index contributed by atoms with van der Waals surface area (Å²) in [6.45, 7) is 3.23. The summed E-state index contributed by atoms with van der Waals surface area (Å²) in [6.07, 6.45) is 0.925. The molecule has 0 heterocycles. The molecule has 0 radical (unpaired) electrons. The van der Waals surface area contributed by atoms with Gasteiger partial charge in [-0.2, -0.15) is 0 Å². The van der Waals surface area contributed by atoms with Crippen molar-refractivity contribution in [2.24, 2.45) is 5.14 Å². The Labute approximate surface area is 141 Å². The number of halogens is 1. The lowest BCUT2D eigenvalue weighted by Crippen LogP contribution is -2.12. The number of anilines is 1. The first-order chi connectivity index (χ1) is 10.9. The van der Waals surface area contributed by atoms with Crippen LogP contribution >= 0.6 is 11.6 Å². The Kier molecular flexibility index (Phi) is 5.87. The maximum atomic E-state index is 11.2. The van der Waals surface area contributed by atoms with Gasteiger partial charge in [0.25, 0.3) is 0 Å². The Hall–Kier alpha value is -1.76. The van der Waals surface area contributed by atoms with Crippen LogP contribution in [0.2, 0.25) is 5.02 Å². The Bertz CT molecular complexity index is 761. The molecule has 2 aromatic carbocycles. The monoisotopic (exact) mass is 354 g/mol. The van der Waals surface area contributed by atoms with Gasteiger partial charge in [0.1, 0.15) is 5.75 Å². The van der Waals surface area contributed by atoms with Crippen LogP contribution in [0.3, 0.4) is 0 Å². The van der Waals surface area contributed by atoms with Crippen LogP contribution in [-0.2, 0) is 16.6 Å². The van der Waals surface area contributed by atoms with Crippen molar-refractivity contribution < 1.29 is 13.2 Å². The molecule has 5 nitrogen and oxygen atoms in total. The number of ether oxygens (including phenoxy) is 1. The van der Waals surface area contributed by atoms with Gasteiger partial charge in [-0.3, -0.25) is 0 Å². The van der Waals surface area contributed by atoms with Crippen LogP contribution in [0.15, 0.2) is 47.4 Å². The molecule has 0 saturated heterocycles. The molecule has 0 aliphatic carbocycles. The molecule has 0 bridgehead atoms. The number of nitrogens with one attached hydrogen (secondary N) is 1. The number of nitrogens with two attached hydrogens (primary N) is 1. The summed E-state index contributed by atoms with van der Waals surface area (Å²) in [5.41, 5.74) is 1.79. The minimum atomic E-state index is -3.66. The second-order valence-corrected chi connectivity index (χ2v) is 7.00. The predicted octanol–water partition coefficient (Wildman–Crippen LogP) is 3.39. The maximum Gasteiger partial charge on any atom is 0.238 e. The highest BCUT2D eigenvalue weighted by atomic mass is 35.5. The largest absolute Gasteiger partial charge is 0.492 e. The topological polar surface area (TPSA) is 81.4 Å². The van der Waals surface area contributed by atoms with Gasteiger partial charge in [0.05, 0.1) is 16.5 Å². The number of sulfonamides is 1. The van der Waals surface area contributed by atoms with Crippen molar-refractivity contribution in [2.45, 2.75) is 24.8 Å². The zero-order valence-electron chi connectivity index (χ0n) is 12.8. The van der Waals surface area contributed by atoms with E-state index in [4.69, 9.17) is 21.5 Å². The highest BCUT2D eigenvalue weighted by Gasteiger charge is 2.07. The lowest BCUT2D eigenvalue weighted by atomic mass is 10.2. The van der Waals surface area contributed by atoms with Gasteiger partial charge >= 0.3 is 0 Å². The molecule has 0 aliphatic rings. The zero-order valence-corrected chi connectivity index (χ0v) is 14.3. The van der Waals surface area contributed by atoms with Crippen LogP contribution in [0.25, 0.3) is 0 Å². The first kappa shape index (κ1) is 17.6. The quantitative estimate of drug-likeness (QED) is 0.798. The van der Waals surface area contributed by atoms with Crippen LogP contribution in [0, 0.1) is 0 Å². The number of rotatable bonds is 7. The standard InChI is InChI=1S/C16H19ClN2O3S/c1-2-9-22-16-8-3-12(10-15(16)17)11-19-13-4-6-14(7-5-13)23(18,20)21/h3-8,10,19H,2,9,11H2,1H3,(H2,18,20,21). The van der Waals surface area contributed by atoms with E-state index in [0.717, 1.165) is 17.7 Å². The smallest absolute Gasteiger partial charge is 0.238 e. The fourth-order valence-corrected chi connectivity index (χ4v) is 2.72. The van der Waals surface area contributed by atoms with E-state index in [0.29, 0.717) is 23.9 Å². The van der Waals surface area contributed by atoms with Crippen molar-refractivity contribution in [2.75, 3.05) is 11.9 Å². The van der Waals surface area contributed by atoms with E-state index in [2.05, 4.69) is 5.32 Å². The molecule has 23 heavy (non-hydrogen) atoms. The van der Waals surface area contributed by atoms with E-state index in [9.17, 15) is 8.42 Å². The number of hydrogen-bond acceptors (Lipinski definition) is 4. The van der Waals surface area contributed by atoms with Crippen molar-refractivity contribution in [1.82, 2.24) is 0 Å². The van der Waals surface area contributed by atoms with E-state index >= 15 is 0 Å². The third kappa shape index (κ3) is 5.13. The summed E-state index contributed by atoms with van der Waals surface area (Å²) in [7, 11) is -3.66. The van der Waals surface area contributed by atoms with Gasteiger partial charge in [-0.1, -0.05) is 24.6 Å². The third-order valence-electron chi connectivity index (χ3n) is 3.14. The van der Waals surface area contributed by atoms with Gasteiger partial charge in [-0.15, -0.1) is 0 Å². The highest BCUT2D eigenvalue weighted by Crippen LogP contribution is 2.26. The average Bonchev–Trinajstić information content (AvgIpc) is 2.51. The van der Waals surface area contributed by atoms with Gasteiger partial charge < -0.3 is 10.1 Å². The van der Waals surface area contributed by atoms with Crippen LogP contribution in [-0.4, -0.2) is 15.0 Å². The Morgan fingerprint density at radius 2 is 1.87 bits per heavy atom. The lowest BCUT2D eigenvalue weighted by Gasteiger charge is -2.10. The van der Waals surface area contributed by atoms with Gasteiger partial charge in [0.15, 0.2) is 0 Å². The maximum absolute atomic E-state index is 11.2. The lowest BCUT2D eigenvalue weighted by molar-refractivity contribution is 0.317. The molecule has 3 N–H and O–H groups in total. The number of benzene rings is 2. The molecule has 0 amide bonds. The second-order valence-electron chi connectivity index (χ2n) is 5.04. The van der Waals surface area contributed by atoms with Crippen LogP contribution in [0.1, 0.15) is 18.9 Å². The van der Waals surface area contributed by atoms with Crippen molar-refractivity contribution in [3.8, 4) is 5.75 Å². The van der Waals surface area contributed by atoms with Crippen molar-refractivity contribution in [3.63, 3.8) is 0 Å². The molecule has 0 unspecified atom stereocenters. The first-order valence-electron chi connectivity index (χ1n) is 7.18. The average molecular weight is 355 g/mol. The minimum Gasteiger partial charge on any atom is -0.492 e. The Morgan fingerprint density at radius 1 is 1.17 bits per heavy atom. The Balaban J connectivity index is 1.99. The fraction of sp³-hybridized carbons (Fsp3) is 0.250. The van der Waals surface area contributed by atoms with Crippen LogP contribution in [0.5, 0.6) is 5.75 Å². The van der Waals surface area contributed by atoms with Crippen molar-refractivity contribution in [3.05, 3.63) is 53.1 Å². The first-order valence-corrected chi connectivity index (χ1v) is 9.10. The van der Waals surface area contributed by atoms with Gasteiger partial charge in [0.2, 0.25) is 10.0 Å². The molecule has 0 fully saturated rings. The fourth-order valence-electron chi connectivity index (χ4n) is 1.95. The number of hydrogen-bond donors (Lipinski definition) is 2. The van der Waals surface area contributed by atoms with E-state index in [1.807, 2.05) is 25.1 Å². The van der Waals surface area contributed by atoms with Gasteiger partial charge in [-0.25, -0.2) is 13.6 Å². The molecule has 0 saturated carbocycles. The minimum absolute atomic E-state index is 0.0866. The third-order valence-corrected chi connectivity index (χ3v) is 4.36. The van der Waals surface area contributed by atoms with Gasteiger partial charge in [-0.05, 0) is 48.4 Å². The van der Waals surface area contributed by atoms with E-state index in [1.165, 1.54) is 12.1 Å².